The van der Waals surface area contributed by atoms with Gasteiger partial charge in [0.15, 0.2) is 0 Å². The third kappa shape index (κ3) is 5.50. The van der Waals surface area contributed by atoms with Crippen molar-refractivity contribution >= 4 is 22.5 Å². The molecule has 0 radical (unpaired) electrons. The van der Waals surface area contributed by atoms with E-state index in [0.29, 0.717) is 18.2 Å². The molecule has 1 unspecified atom stereocenters. The molecule has 1 aromatic heterocycles. The van der Waals surface area contributed by atoms with Gasteiger partial charge in [0, 0.05) is 13.5 Å². The van der Waals surface area contributed by atoms with Crippen molar-refractivity contribution in [3.05, 3.63) is 34.8 Å². The second-order valence-corrected chi connectivity index (χ2v) is 6.05. The van der Waals surface area contributed by atoms with E-state index in [-0.39, 0.29) is 12.1 Å². The van der Waals surface area contributed by atoms with Gasteiger partial charge in [-0.25, -0.2) is 4.79 Å². The molecule has 23 heavy (non-hydrogen) atoms. The number of rotatable bonds is 7. The molecule has 2 rings (SSSR count). The molecule has 0 bridgehead atoms. The standard InChI is InChI=1S/C15H20N4O3S/c1-10(9-21-2)16-14(20)17-15-19-18-13(23-15)8-11-5-4-6-12(7-11)22-3/h4-7,10H,8-9H2,1-3H3,(H2,16,17,19,20). The van der Waals surface area contributed by atoms with E-state index < -0.39 is 0 Å². The van der Waals surface area contributed by atoms with E-state index in [2.05, 4.69) is 20.8 Å². The number of aromatic nitrogens is 2. The zero-order chi connectivity index (χ0) is 16.7. The monoisotopic (exact) mass is 336 g/mol. The number of hydrogen-bond donors (Lipinski definition) is 2. The van der Waals surface area contributed by atoms with Gasteiger partial charge in [-0.15, -0.1) is 10.2 Å². The minimum Gasteiger partial charge on any atom is -0.497 e. The van der Waals surface area contributed by atoms with E-state index in [0.717, 1.165) is 16.3 Å². The summed E-state index contributed by atoms with van der Waals surface area (Å²) in [7, 11) is 3.22. The topological polar surface area (TPSA) is 85.4 Å². The zero-order valence-electron chi connectivity index (χ0n) is 13.3. The van der Waals surface area contributed by atoms with Crippen LogP contribution in [0.25, 0.3) is 0 Å². The first-order chi connectivity index (χ1) is 11.1. The van der Waals surface area contributed by atoms with Gasteiger partial charge < -0.3 is 14.8 Å². The summed E-state index contributed by atoms with van der Waals surface area (Å²) in [6, 6.07) is 7.37. The Morgan fingerprint density at radius 2 is 2.17 bits per heavy atom. The largest absolute Gasteiger partial charge is 0.497 e. The Morgan fingerprint density at radius 3 is 2.91 bits per heavy atom. The van der Waals surface area contributed by atoms with E-state index in [1.807, 2.05) is 31.2 Å². The molecule has 0 saturated heterocycles. The summed E-state index contributed by atoms with van der Waals surface area (Å²) in [6.45, 7) is 2.31. The molecule has 2 aromatic rings. The van der Waals surface area contributed by atoms with E-state index in [4.69, 9.17) is 9.47 Å². The van der Waals surface area contributed by atoms with Crippen molar-refractivity contribution in [1.82, 2.24) is 15.5 Å². The van der Waals surface area contributed by atoms with E-state index in [1.54, 1.807) is 14.2 Å². The predicted octanol–water partition coefficient (Wildman–Crippen LogP) is 2.29. The van der Waals surface area contributed by atoms with Gasteiger partial charge in [-0.2, -0.15) is 0 Å². The quantitative estimate of drug-likeness (QED) is 0.810. The summed E-state index contributed by atoms with van der Waals surface area (Å²) in [6.07, 6.45) is 0.637. The molecular weight excluding hydrogens is 316 g/mol. The molecule has 2 N–H and O–H groups in total. The van der Waals surface area contributed by atoms with Gasteiger partial charge in [-0.05, 0) is 24.6 Å². The number of methoxy groups -OCH3 is 2. The molecule has 1 aromatic carbocycles. The minimum atomic E-state index is -0.321. The SMILES string of the molecule is COCC(C)NC(=O)Nc1nnc(Cc2cccc(OC)c2)s1. The summed E-state index contributed by atoms with van der Waals surface area (Å²) in [5, 5.41) is 14.8. The molecule has 1 atom stereocenters. The number of benzene rings is 1. The summed E-state index contributed by atoms with van der Waals surface area (Å²) >= 11 is 1.34. The maximum absolute atomic E-state index is 11.8. The normalized spacial score (nSPS) is 11.8. The van der Waals surface area contributed by atoms with Crippen molar-refractivity contribution in [3.8, 4) is 5.75 Å². The van der Waals surface area contributed by atoms with Crippen molar-refractivity contribution < 1.29 is 14.3 Å². The molecule has 7 nitrogen and oxygen atoms in total. The number of nitrogens with zero attached hydrogens (tertiary/aromatic N) is 2. The van der Waals surface area contributed by atoms with Crippen LogP contribution in [0.15, 0.2) is 24.3 Å². The maximum atomic E-state index is 11.8. The molecule has 8 heteroatoms. The van der Waals surface area contributed by atoms with Crippen molar-refractivity contribution in [3.63, 3.8) is 0 Å². The number of carbonyl (C=O) groups is 1. The van der Waals surface area contributed by atoms with Gasteiger partial charge in [0.1, 0.15) is 10.8 Å². The molecule has 0 aliphatic heterocycles. The van der Waals surface area contributed by atoms with E-state index >= 15 is 0 Å². The van der Waals surface area contributed by atoms with Crippen LogP contribution in [0.4, 0.5) is 9.93 Å². The Kier molecular flexibility index (Phi) is 6.30. The van der Waals surface area contributed by atoms with Gasteiger partial charge >= 0.3 is 6.03 Å². The minimum absolute atomic E-state index is 0.0795. The number of anilines is 1. The fourth-order valence-electron chi connectivity index (χ4n) is 1.98. The predicted molar refractivity (Wildman–Crippen MR) is 89.2 cm³/mol. The zero-order valence-corrected chi connectivity index (χ0v) is 14.1. The Morgan fingerprint density at radius 1 is 1.35 bits per heavy atom. The average Bonchev–Trinajstić information content (AvgIpc) is 2.94. The first kappa shape index (κ1) is 17.2. The Hall–Kier alpha value is -2.19. The lowest BCUT2D eigenvalue weighted by atomic mass is 10.1. The molecule has 0 spiro atoms. The summed E-state index contributed by atoms with van der Waals surface area (Å²) in [5.41, 5.74) is 1.07. The Bertz CT molecular complexity index is 647. The second-order valence-electron chi connectivity index (χ2n) is 4.98. The van der Waals surface area contributed by atoms with Gasteiger partial charge in [0.25, 0.3) is 0 Å². The summed E-state index contributed by atoms with van der Waals surface area (Å²) < 4.78 is 10.2. The molecule has 0 fully saturated rings. The third-order valence-electron chi connectivity index (χ3n) is 2.97. The first-order valence-electron chi connectivity index (χ1n) is 7.12. The number of carbonyl (C=O) groups excluding carboxylic acids is 1. The van der Waals surface area contributed by atoms with Gasteiger partial charge in [-0.1, -0.05) is 23.5 Å². The smallest absolute Gasteiger partial charge is 0.321 e. The molecule has 0 aliphatic carbocycles. The van der Waals surface area contributed by atoms with Crippen LogP contribution < -0.4 is 15.4 Å². The van der Waals surface area contributed by atoms with Crippen LogP contribution in [-0.2, 0) is 11.2 Å². The lowest BCUT2D eigenvalue weighted by Gasteiger charge is -2.12. The highest BCUT2D eigenvalue weighted by Crippen LogP contribution is 2.20. The highest BCUT2D eigenvalue weighted by Gasteiger charge is 2.11. The highest BCUT2D eigenvalue weighted by atomic mass is 32.1. The first-order valence-corrected chi connectivity index (χ1v) is 7.94. The molecule has 2 amide bonds. The lowest BCUT2D eigenvalue weighted by Crippen LogP contribution is -2.38. The average molecular weight is 336 g/mol. The third-order valence-corrected chi connectivity index (χ3v) is 3.81. The van der Waals surface area contributed by atoms with Gasteiger partial charge in [0.2, 0.25) is 5.13 Å². The fraction of sp³-hybridized carbons (Fsp3) is 0.400. The van der Waals surface area contributed by atoms with Crippen LogP contribution in [0.5, 0.6) is 5.75 Å². The van der Waals surface area contributed by atoms with Crippen LogP contribution in [0, 0.1) is 0 Å². The van der Waals surface area contributed by atoms with Crippen molar-refractivity contribution in [1.29, 1.82) is 0 Å². The molecule has 124 valence electrons. The van der Waals surface area contributed by atoms with E-state index in [1.165, 1.54) is 11.3 Å². The summed E-state index contributed by atoms with van der Waals surface area (Å²) in [5.74, 6) is 0.803. The maximum Gasteiger partial charge on any atom is 0.321 e. The number of nitrogens with one attached hydrogen (secondary N) is 2. The molecule has 1 heterocycles. The Labute approximate surface area is 139 Å². The number of amides is 2. The van der Waals surface area contributed by atoms with Crippen molar-refractivity contribution in [2.24, 2.45) is 0 Å². The second kappa shape index (κ2) is 8.44. The van der Waals surface area contributed by atoms with E-state index in [9.17, 15) is 4.79 Å². The molecular formula is C15H20N4O3S. The van der Waals surface area contributed by atoms with Crippen molar-refractivity contribution in [2.45, 2.75) is 19.4 Å². The van der Waals surface area contributed by atoms with Crippen LogP contribution in [0.3, 0.4) is 0 Å². The Balaban J connectivity index is 1.91. The van der Waals surface area contributed by atoms with Gasteiger partial charge in [-0.3, -0.25) is 5.32 Å². The highest BCUT2D eigenvalue weighted by molar-refractivity contribution is 7.15. The van der Waals surface area contributed by atoms with Gasteiger partial charge in [0.05, 0.1) is 19.8 Å². The molecule has 0 aliphatic rings. The number of hydrogen-bond acceptors (Lipinski definition) is 6. The van der Waals surface area contributed by atoms with Crippen molar-refractivity contribution in [2.75, 3.05) is 26.1 Å². The lowest BCUT2D eigenvalue weighted by molar-refractivity contribution is 0.173. The van der Waals surface area contributed by atoms with Crippen LogP contribution in [0.2, 0.25) is 0 Å². The fourth-order valence-corrected chi connectivity index (χ4v) is 2.75. The summed E-state index contributed by atoms with van der Waals surface area (Å²) in [4.78, 5) is 11.8. The number of urea groups is 1. The van der Waals surface area contributed by atoms with Crippen LogP contribution in [-0.4, -0.2) is 43.1 Å². The molecule has 0 saturated carbocycles. The number of ether oxygens (including phenoxy) is 2. The van der Waals surface area contributed by atoms with Crippen LogP contribution >= 0.6 is 11.3 Å². The van der Waals surface area contributed by atoms with Crippen LogP contribution in [0.1, 0.15) is 17.5 Å².